The second-order valence-corrected chi connectivity index (χ2v) is 6.57. The number of amides is 1. The Morgan fingerprint density at radius 2 is 2.00 bits per heavy atom. The van der Waals surface area contributed by atoms with Crippen LogP contribution in [0.4, 0.5) is 0 Å². The molecule has 3 rings (SSSR count). The van der Waals surface area contributed by atoms with Crippen LogP contribution in [0, 0.1) is 5.92 Å². The zero-order valence-corrected chi connectivity index (χ0v) is 15.4. The van der Waals surface area contributed by atoms with Gasteiger partial charge in [-0.1, -0.05) is 11.6 Å². The zero-order chi connectivity index (χ0) is 16.2. The standard InChI is InChI=1S/C17H23ClN2O3.ClH/c1-19-11-12-2-4-20(5-3-12)16(21)10-13-8-14(18)17-15(9-13)22-6-7-23-17;/h8-9,12,19H,2-7,10-11H2,1H3;1H. The number of likely N-dealkylation sites (tertiary alicyclic amines) is 1. The fourth-order valence-corrected chi connectivity index (χ4v) is 3.52. The van der Waals surface area contributed by atoms with Crippen LogP contribution in [0.2, 0.25) is 5.02 Å². The molecule has 0 spiro atoms. The second kappa shape index (κ2) is 8.79. The van der Waals surface area contributed by atoms with Crippen LogP contribution in [0.5, 0.6) is 11.5 Å². The first kappa shape index (κ1) is 19.2. The first-order valence-electron chi connectivity index (χ1n) is 8.17. The molecule has 1 aromatic rings. The van der Waals surface area contributed by atoms with E-state index < -0.39 is 0 Å². The number of benzene rings is 1. The Morgan fingerprint density at radius 3 is 2.71 bits per heavy atom. The number of hydrogen-bond donors (Lipinski definition) is 1. The minimum absolute atomic E-state index is 0. The van der Waals surface area contributed by atoms with E-state index in [1.54, 1.807) is 6.07 Å². The molecular formula is C17H24Cl2N2O3. The lowest BCUT2D eigenvalue weighted by atomic mass is 9.96. The summed E-state index contributed by atoms with van der Waals surface area (Å²) in [6.07, 6.45) is 2.48. The van der Waals surface area contributed by atoms with Gasteiger partial charge in [-0.2, -0.15) is 0 Å². The third-order valence-corrected chi connectivity index (χ3v) is 4.75. The number of nitrogens with zero attached hydrogens (tertiary/aromatic N) is 1. The third-order valence-electron chi connectivity index (χ3n) is 4.47. The van der Waals surface area contributed by atoms with Crippen LogP contribution in [0.25, 0.3) is 0 Å². The van der Waals surface area contributed by atoms with Crippen LogP contribution in [-0.4, -0.2) is 50.7 Å². The van der Waals surface area contributed by atoms with Crippen molar-refractivity contribution in [2.24, 2.45) is 5.92 Å². The Morgan fingerprint density at radius 1 is 1.29 bits per heavy atom. The van der Waals surface area contributed by atoms with E-state index in [0.717, 1.165) is 38.0 Å². The maximum Gasteiger partial charge on any atom is 0.226 e. The van der Waals surface area contributed by atoms with E-state index in [9.17, 15) is 4.79 Å². The normalized spacial score (nSPS) is 17.3. The SMILES string of the molecule is CNCC1CCN(C(=O)Cc2cc(Cl)c3c(c2)OCCO3)CC1.Cl. The quantitative estimate of drug-likeness (QED) is 0.879. The van der Waals surface area contributed by atoms with Crippen LogP contribution in [-0.2, 0) is 11.2 Å². The maximum absolute atomic E-state index is 12.5. The number of carbonyl (C=O) groups is 1. The Balaban J connectivity index is 0.00000208. The molecule has 0 saturated carbocycles. The lowest BCUT2D eigenvalue weighted by Gasteiger charge is -2.32. The summed E-state index contributed by atoms with van der Waals surface area (Å²) >= 11 is 6.23. The number of halogens is 2. The summed E-state index contributed by atoms with van der Waals surface area (Å²) in [4.78, 5) is 14.5. The van der Waals surface area contributed by atoms with E-state index in [1.165, 1.54) is 0 Å². The number of nitrogens with one attached hydrogen (secondary N) is 1. The average molecular weight is 375 g/mol. The molecule has 134 valence electrons. The molecule has 1 saturated heterocycles. The van der Waals surface area contributed by atoms with Crippen molar-refractivity contribution >= 4 is 29.9 Å². The van der Waals surface area contributed by atoms with E-state index in [0.29, 0.717) is 42.1 Å². The molecule has 24 heavy (non-hydrogen) atoms. The van der Waals surface area contributed by atoms with Crippen molar-refractivity contribution in [2.45, 2.75) is 19.3 Å². The molecule has 1 amide bonds. The highest BCUT2D eigenvalue weighted by Gasteiger charge is 2.23. The molecule has 2 aliphatic heterocycles. The number of ether oxygens (including phenoxy) is 2. The lowest BCUT2D eigenvalue weighted by Crippen LogP contribution is -2.41. The average Bonchev–Trinajstić information content (AvgIpc) is 2.56. The van der Waals surface area contributed by atoms with Gasteiger partial charge in [0.1, 0.15) is 13.2 Å². The van der Waals surface area contributed by atoms with Crippen molar-refractivity contribution in [3.63, 3.8) is 0 Å². The van der Waals surface area contributed by atoms with Crippen molar-refractivity contribution in [2.75, 3.05) is 39.9 Å². The predicted octanol–water partition coefficient (Wildman–Crippen LogP) is 2.53. The van der Waals surface area contributed by atoms with E-state index in [1.807, 2.05) is 18.0 Å². The highest BCUT2D eigenvalue weighted by atomic mass is 35.5. The van der Waals surface area contributed by atoms with Gasteiger partial charge in [0.05, 0.1) is 11.4 Å². The van der Waals surface area contributed by atoms with Crippen molar-refractivity contribution in [3.8, 4) is 11.5 Å². The molecule has 5 nitrogen and oxygen atoms in total. The fraction of sp³-hybridized carbons (Fsp3) is 0.588. The molecule has 7 heteroatoms. The number of fused-ring (bicyclic) bond motifs is 1. The number of hydrogen-bond acceptors (Lipinski definition) is 4. The van der Waals surface area contributed by atoms with Gasteiger partial charge in [-0.3, -0.25) is 4.79 Å². The van der Waals surface area contributed by atoms with Crippen molar-refractivity contribution in [1.29, 1.82) is 0 Å². The summed E-state index contributed by atoms with van der Waals surface area (Å²) in [5.41, 5.74) is 0.876. The van der Waals surface area contributed by atoms with Crippen molar-refractivity contribution in [1.82, 2.24) is 10.2 Å². The fourth-order valence-electron chi connectivity index (χ4n) is 3.23. The van der Waals surface area contributed by atoms with E-state index in [-0.39, 0.29) is 18.3 Å². The molecule has 1 fully saturated rings. The third kappa shape index (κ3) is 4.47. The molecule has 0 bridgehead atoms. The van der Waals surface area contributed by atoms with Gasteiger partial charge in [0.2, 0.25) is 5.91 Å². The summed E-state index contributed by atoms with van der Waals surface area (Å²) < 4.78 is 11.1. The van der Waals surface area contributed by atoms with E-state index in [2.05, 4.69) is 5.32 Å². The van der Waals surface area contributed by atoms with Crippen LogP contribution < -0.4 is 14.8 Å². The first-order valence-corrected chi connectivity index (χ1v) is 8.55. The highest BCUT2D eigenvalue weighted by Crippen LogP contribution is 2.38. The topological polar surface area (TPSA) is 50.8 Å². The molecular weight excluding hydrogens is 351 g/mol. The molecule has 1 N–H and O–H groups in total. The second-order valence-electron chi connectivity index (χ2n) is 6.16. The minimum Gasteiger partial charge on any atom is -0.486 e. The summed E-state index contributed by atoms with van der Waals surface area (Å²) in [5, 5.41) is 3.72. The van der Waals surface area contributed by atoms with Gasteiger partial charge in [0.15, 0.2) is 11.5 Å². The molecule has 2 heterocycles. The van der Waals surface area contributed by atoms with Gasteiger partial charge < -0.3 is 19.7 Å². The highest BCUT2D eigenvalue weighted by molar-refractivity contribution is 6.32. The summed E-state index contributed by atoms with van der Waals surface area (Å²) in [7, 11) is 1.98. The van der Waals surface area contributed by atoms with Gasteiger partial charge >= 0.3 is 0 Å². The van der Waals surface area contributed by atoms with Gasteiger partial charge in [0, 0.05) is 13.1 Å². The minimum atomic E-state index is 0. The zero-order valence-electron chi connectivity index (χ0n) is 13.8. The van der Waals surface area contributed by atoms with Crippen molar-refractivity contribution < 1.29 is 14.3 Å². The van der Waals surface area contributed by atoms with Gasteiger partial charge in [-0.25, -0.2) is 0 Å². The van der Waals surface area contributed by atoms with Gasteiger partial charge in [-0.05, 0) is 50.0 Å². The molecule has 0 unspecified atom stereocenters. The summed E-state index contributed by atoms with van der Waals surface area (Å²) in [5.74, 6) is 2.05. The van der Waals surface area contributed by atoms with Gasteiger partial charge in [-0.15, -0.1) is 12.4 Å². The van der Waals surface area contributed by atoms with E-state index in [4.69, 9.17) is 21.1 Å². The first-order chi connectivity index (χ1) is 11.2. The monoisotopic (exact) mass is 374 g/mol. The number of carbonyl (C=O) groups excluding carboxylic acids is 1. The van der Waals surface area contributed by atoms with Crippen LogP contribution in [0.3, 0.4) is 0 Å². The van der Waals surface area contributed by atoms with Crippen molar-refractivity contribution in [3.05, 3.63) is 22.7 Å². The Labute approximate surface area is 154 Å². The van der Waals surface area contributed by atoms with E-state index >= 15 is 0 Å². The maximum atomic E-state index is 12.5. The number of piperidine rings is 1. The largest absolute Gasteiger partial charge is 0.486 e. The lowest BCUT2D eigenvalue weighted by molar-refractivity contribution is -0.131. The Kier molecular flexibility index (Phi) is 7.02. The summed E-state index contributed by atoms with van der Waals surface area (Å²) in [6, 6.07) is 3.67. The molecule has 2 aliphatic rings. The smallest absolute Gasteiger partial charge is 0.226 e. The Bertz CT molecular complexity index is 575. The summed E-state index contributed by atoms with van der Waals surface area (Å²) in [6.45, 7) is 3.72. The van der Waals surface area contributed by atoms with Gasteiger partial charge in [0.25, 0.3) is 0 Å². The Hall–Kier alpha value is -1.17. The molecule has 0 radical (unpaired) electrons. The molecule has 0 aliphatic carbocycles. The van der Waals surface area contributed by atoms with Crippen LogP contribution in [0.15, 0.2) is 12.1 Å². The van der Waals surface area contributed by atoms with Crippen LogP contribution >= 0.6 is 24.0 Å². The molecule has 1 aromatic carbocycles. The number of rotatable bonds is 4. The predicted molar refractivity (Wildman–Crippen MR) is 96.6 cm³/mol. The molecule has 0 atom stereocenters. The molecule has 0 aromatic heterocycles. The van der Waals surface area contributed by atoms with Crippen LogP contribution in [0.1, 0.15) is 18.4 Å².